The number of fused-ring (bicyclic) bond motifs is 1. The Balaban J connectivity index is 0.000000288. The van der Waals surface area contributed by atoms with Gasteiger partial charge in [0.1, 0.15) is 11.2 Å². The minimum Gasteiger partial charge on any atom is -0.475 e. The predicted octanol–water partition coefficient (Wildman–Crippen LogP) is 3.87. The Morgan fingerprint density at radius 3 is 1.94 bits per heavy atom. The highest BCUT2D eigenvalue weighted by Crippen LogP contribution is 2.28. The van der Waals surface area contributed by atoms with Gasteiger partial charge in [0.05, 0.1) is 11.2 Å². The summed E-state index contributed by atoms with van der Waals surface area (Å²) in [6.45, 7) is 1.99. The second-order valence-electron chi connectivity index (χ2n) is 5.44. The van der Waals surface area contributed by atoms with Gasteiger partial charge >= 0.3 is 24.3 Å². The van der Waals surface area contributed by atoms with Gasteiger partial charge in [-0.25, -0.2) is 14.6 Å². The molecule has 0 aliphatic heterocycles. The molecule has 0 aliphatic carbocycles. The Morgan fingerprint density at radius 1 is 1.06 bits per heavy atom. The van der Waals surface area contributed by atoms with Crippen molar-refractivity contribution in [1.82, 2.24) is 19.9 Å². The molecule has 3 rings (SSSR count). The quantitative estimate of drug-likeness (QED) is 0.305. The number of rotatable bonds is 1. The number of nitrogen functional groups attached to an aromatic ring is 1. The van der Waals surface area contributed by atoms with E-state index in [0.29, 0.717) is 5.95 Å². The predicted molar refractivity (Wildman–Crippen MR) is 97.9 cm³/mol. The average Bonchev–Trinajstić information content (AvgIpc) is 3.15. The molecule has 0 saturated carbocycles. The number of nitrogens with zero attached hydrogens (tertiary/aromatic N) is 2. The zero-order valence-corrected chi connectivity index (χ0v) is 16.6. The zero-order chi connectivity index (χ0) is 24.1. The number of aryl methyl sites for hydroxylation is 1. The van der Waals surface area contributed by atoms with Crippen molar-refractivity contribution in [3.63, 3.8) is 0 Å². The number of H-pyrrole nitrogens is 2. The van der Waals surface area contributed by atoms with E-state index in [1.54, 1.807) is 6.20 Å². The Labute approximate surface area is 176 Å². The summed E-state index contributed by atoms with van der Waals surface area (Å²) in [6.07, 6.45) is -8.43. The van der Waals surface area contributed by atoms with Crippen LogP contribution in [0.3, 0.4) is 0 Å². The van der Waals surface area contributed by atoms with Crippen molar-refractivity contribution in [2.45, 2.75) is 19.3 Å². The molecule has 0 atom stereocenters. The van der Waals surface area contributed by atoms with Crippen LogP contribution in [-0.2, 0) is 9.59 Å². The molecule has 3 aromatic heterocycles. The van der Waals surface area contributed by atoms with Crippen molar-refractivity contribution < 1.29 is 46.1 Å². The number of aromatic amines is 2. The molecule has 0 unspecified atom stereocenters. The topological polar surface area (TPSA) is 158 Å². The van der Waals surface area contributed by atoms with Gasteiger partial charge in [-0.2, -0.15) is 26.3 Å². The van der Waals surface area contributed by atoms with Crippen LogP contribution in [0.2, 0.25) is 0 Å². The number of imidazole rings is 1. The number of carboxylic acids is 2. The molecule has 0 amide bonds. The molecule has 0 saturated heterocycles. The zero-order valence-electron chi connectivity index (χ0n) is 15.1. The highest BCUT2D eigenvalue weighted by molar-refractivity contribution is 9.10. The summed E-state index contributed by atoms with van der Waals surface area (Å²) in [6, 6.07) is 3.84. The van der Waals surface area contributed by atoms with E-state index in [1.807, 2.05) is 19.1 Å². The number of aliphatic carboxylic acids is 2. The molecule has 16 heteroatoms. The fourth-order valence-corrected chi connectivity index (χ4v) is 2.14. The molecule has 0 aromatic carbocycles. The SMILES string of the molecule is Cc1[nH]c(-c2nccc3[nH]c(N)nc23)cc1Br.O=C(O)C(F)(F)F.O=C(O)C(F)(F)F. The first kappa shape index (κ1) is 25.7. The van der Waals surface area contributed by atoms with E-state index in [-0.39, 0.29) is 0 Å². The lowest BCUT2D eigenvalue weighted by Crippen LogP contribution is -2.21. The van der Waals surface area contributed by atoms with Crippen LogP contribution in [0.1, 0.15) is 5.69 Å². The number of nitrogens with two attached hydrogens (primary N) is 1. The van der Waals surface area contributed by atoms with Gasteiger partial charge in [-0.3, -0.25) is 4.98 Å². The Morgan fingerprint density at radius 2 is 1.55 bits per heavy atom. The van der Waals surface area contributed by atoms with Crippen LogP contribution in [0.15, 0.2) is 22.8 Å². The standard InChI is InChI=1S/C11H10BrN5.2C2HF3O2/c1-5-6(12)4-8(15-5)9-10-7(2-3-14-9)16-11(13)17-10;2*3-2(4,5)1(6)7/h2-4,15H,1H3,(H3,13,16,17);2*(H,6,7). The van der Waals surface area contributed by atoms with Gasteiger partial charge in [-0.05, 0) is 35.0 Å². The Kier molecular flexibility index (Phi) is 8.03. The number of halogens is 7. The van der Waals surface area contributed by atoms with Crippen LogP contribution < -0.4 is 5.73 Å². The van der Waals surface area contributed by atoms with Crippen molar-refractivity contribution in [2.24, 2.45) is 0 Å². The smallest absolute Gasteiger partial charge is 0.475 e. The molecule has 170 valence electrons. The van der Waals surface area contributed by atoms with Gasteiger partial charge in [0.15, 0.2) is 5.95 Å². The normalized spacial score (nSPS) is 11.2. The molecule has 6 N–H and O–H groups in total. The maximum Gasteiger partial charge on any atom is 0.490 e. The van der Waals surface area contributed by atoms with E-state index in [4.69, 9.17) is 25.5 Å². The molecule has 9 nitrogen and oxygen atoms in total. The fraction of sp³-hybridized carbons (Fsp3) is 0.200. The summed E-state index contributed by atoms with van der Waals surface area (Å²) >= 11 is 3.47. The number of nitrogens with one attached hydrogen (secondary N) is 2. The number of carboxylic acid groups (broad SMARTS) is 2. The lowest BCUT2D eigenvalue weighted by atomic mass is 10.2. The highest BCUT2D eigenvalue weighted by Gasteiger charge is 2.38. The first-order valence-corrected chi connectivity index (χ1v) is 8.39. The number of anilines is 1. The van der Waals surface area contributed by atoms with Gasteiger partial charge < -0.3 is 25.9 Å². The van der Waals surface area contributed by atoms with E-state index in [9.17, 15) is 26.3 Å². The van der Waals surface area contributed by atoms with Crippen molar-refractivity contribution in [1.29, 1.82) is 0 Å². The molecule has 0 spiro atoms. The summed E-state index contributed by atoms with van der Waals surface area (Å²) in [5.41, 5.74) is 10.1. The number of hydrogen-bond acceptors (Lipinski definition) is 5. The van der Waals surface area contributed by atoms with Crippen LogP contribution in [-0.4, -0.2) is 54.4 Å². The largest absolute Gasteiger partial charge is 0.490 e. The van der Waals surface area contributed by atoms with Gasteiger partial charge in [-0.15, -0.1) is 0 Å². The maximum atomic E-state index is 10.6. The monoisotopic (exact) mass is 519 g/mol. The summed E-state index contributed by atoms with van der Waals surface area (Å²) < 4.78 is 64.5. The summed E-state index contributed by atoms with van der Waals surface area (Å²) in [7, 11) is 0. The molecule has 0 aliphatic rings. The van der Waals surface area contributed by atoms with Crippen molar-refractivity contribution in [3.05, 3.63) is 28.5 Å². The number of alkyl halides is 6. The molecular formula is C15H12BrF6N5O4. The number of aromatic nitrogens is 4. The molecule has 0 fully saturated rings. The van der Waals surface area contributed by atoms with Crippen LogP contribution in [0.4, 0.5) is 32.3 Å². The number of pyridine rings is 1. The van der Waals surface area contributed by atoms with Crippen molar-refractivity contribution in [3.8, 4) is 11.4 Å². The highest BCUT2D eigenvalue weighted by atomic mass is 79.9. The Bertz CT molecular complexity index is 1030. The summed E-state index contributed by atoms with van der Waals surface area (Å²) in [5.74, 6) is -5.11. The third-order valence-corrected chi connectivity index (χ3v) is 3.93. The minimum absolute atomic E-state index is 0.400. The van der Waals surface area contributed by atoms with Crippen molar-refractivity contribution in [2.75, 3.05) is 5.73 Å². The summed E-state index contributed by atoms with van der Waals surface area (Å²) in [4.78, 5) is 32.6. The van der Waals surface area contributed by atoms with E-state index < -0.39 is 24.3 Å². The molecule has 0 radical (unpaired) electrons. The van der Waals surface area contributed by atoms with Gasteiger partial charge in [-0.1, -0.05) is 0 Å². The fourth-order valence-electron chi connectivity index (χ4n) is 1.81. The average molecular weight is 520 g/mol. The molecule has 3 aromatic rings. The van der Waals surface area contributed by atoms with Gasteiger partial charge in [0, 0.05) is 16.4 Å². The van der Waals surface area contributed by atoms with E-state index in [1.165, 1.54) is 0 Å². The maximum absolute atomic E-state index is 10.6. The summed E-state index contributed by atoms with van der Waals surface area (Å²) in [5, 5.41) is 14.2. The van der Waals surface area contributed by atoms with E-state index in [0.717, 1.165) is 32.6 Å². The first-order chi connectivity index (χ1) is 14.0. The lowest BCUT2D eigenvalue weighted by molar-refractivity contribution is -0.193. The van der Waals surface area contributed by atoms with E-state index in [2.05, 4.69) is 35.9 Å². The van der Waals surface area contributed by atoms with Crippen LogP contribution >= 0.6 is 15.9 Å². The van der Waals surface area contributed by atoms with Crippen molar-refractivity contribution >= 4 is 44.9 Å². The third kappa shape index (κ3) is 7.47. The first-order valence-electron chi connectivity index (χ1n) is 7.60. The number of hydrogen-bond donors (Lipinski definition) is 5. The molecular weight excluding hydrogens is 508 g/mol. The van der Waals surface area contributed by atoms with Gasteiger partial charge in [0.25, 0.3) is 0 Å². The third-order valence-electron chi connectivity index (χ3n) is 3.11. The number of carbonyl (C=O) groups is 2. The molecule has 3 heterocycles. The second kappa shape index (κ2) is 9.67. The van der Waals surface area contributed by atoms with Crippen LogP contribution in [0.25, 0.3) is 22.4 Å². The van der Waals surface area contributed by atoms with E-state index >= 15 is 0 Å². The second-order valence-corrected chi connectivity index (χ2v) is 6.29. The molecule has 0 bridgehead atoms. The molecule has 31 heavy (non-hydrogen) atoms. The van der Waals surface area contributed by atoms with Crippen LogP contribution in [0.5, 0.6) is 0 Å². The van der Waals surface area contributed by atoms with Gasteiger partial charge in [0.2, 0.25) is 0 Å². The Hall–Kier alpha value is -3.30. The lowest BCUT2D eigenvalue weighted by Gasteiger charge is -1.97. The van der Waals surface area contributed by atoms with Crippen LogP contribution in [0, 0.1) is 6.92 Å². The minimum atomic E-state index is -5.08.